The van der Waals surface area contributed by atoms with Crippen LogP contribution in [-0.4, -0.2) is 18.2 Å². The van der Waals surface area contributed by atoms with Crippen LogP contribution in [0.1, 0.15) is 41.6 Å². The lowest BCUT2D eigenvalue weighted by Gasteiger charge is -2.39. The van der Waals surface area contributed by atoms with Crippen molar-refractivity contribution >= 4 is 17.4 Å². The quantitative estimate of drug-likeness (QED) is 0.813. The topological polar surface area (TPSA) is 72.2 Å². The Bertz CT molecular complexity index is 542. The fourth-order valence-corrected chi connectivity index (χ4v) is 2.96. The number of Topliss-reactive ketones (excluding diaryl/α,β-unsaturated/α-hetero) is 1. The highest BCUT2D eigenvalue weighted by atomic mass is 16.1. The van der Waals surface area contributed by atoms with E-state index in [1.807, 2.05) is 18.2 Å². The van der Waals surface area contributed by atoms with Crippen LogP contribution in [0.15, 0.2) is 18.2 Å². The number of rotatable bonds is 3. The average Bonchev–Trinajstić information content (AvgIpc) is 2.37. The minimum Gasteiger partial charge on any atom is -0.329 e. The first-order chi connectivity index (χ1) is 9.14. The maximum Gasteiger partial charge on any atom is 0.224 e. The van der Waals surface area contributed by atoms with Gasteiger partial charge in [0.2, 0.25) is 5.91 Å². The SMILES string of the molecule is NCC1(C(=O)c2ccc3c(c2)CCC(=O)N3)CCC1. The average molecular weight is 258 g/mol. The number of nitrogens with one attached hydrogen (secondary N) is 1. The van der Waals surface area contributed by atoms with Crippen molar-refractivity contribution in [2.24, 2.45) is 11.1 Å². The molecule has 1 aliphatic carbocycles. The third-order valence-electron chi connectivity index (χ3n) is 4.45. The lowest BCUT2D eigenvalue weighted by atomic mass is 9.64. The third kappa shape index (κ3) is 1.96. The van der Waals surface area contributed by atoms with Crippen molar-refractivity contribution in [3.05, 3.63) is 29.3 Å². The zero-order valence-corrected chi connectivity index (χ0v) is 10.9. The predicted molar refractivity (Wildman–Crippen MR) is 73.1 cm³/mol. The number of anilines is 1. The number of amides is 1. The van der Waals surface area contributed by atoms with Crippen LogP contribution in [0.25, 0.3) is 0 Å². The molecule has 1 fully saturated rings. The third-order valence-corrected chi connectivity index (χ3v) is 4.45. The van der Waals surface area contributed by atoms with E-state index < -0.39 is 0 Å². The number of fused-ring (bicyclic) bond motifs is 1. The van der Waals surface area contributed by atoms with E-state index >= 15 is 0 Å². The Hall–Kier alpha value is -1.68. The Kier molecular flexibility index (Phi) is 2.90. The zero-order valence-electron chi connectivity index (χ0n) is 10.9. The van der Waals surface area contributed by atoms with E-state index in [9.17, 15) is 9.59 Å². The van der Waals surface area contributed by atoms with Crippen LogP contribution in [-0.2, 0) is 11.2 Å². The van der Waals surface area contributed by atoms with Gasteiger partial charge in [0.1, 0.15) is 0 Å². The molecule has 0 unspecified atom stereocenters. The first kappa shape index (κ1) is 12.4. The summed E-state index contributed by atoms with van der Waals surface area (Å²) in [5.41, 5.74) is 8.08. The lowest BCUT2D eigenvalue weighted by molar-refractivity contribution is -0.116. The molecule has 0 atom stereocenters. The Morgan fingerprint density at radius 3 is 2.74 bits per heavy atom. The van der Waals surface area contributed by atoms with Crippen molar-refractivity contribution in [1.29, 1.82) is 0 Å². The van der Waals surface area contributed by atoms with Crippen molar-refractivity contribution in [3.8, 4) is 0 Å². The Morgan fingerprint density at radius 2 is 2.11 bits per heavy atom. The number of aryl methyl sites for hydroxylation is 1. The summed E-state index contributed by atoms with van der Waals surface area (Å²) in [6.07, 6.45) is 4.08. The Labute approximate surface area is 112 Å². The summed E-state index contributed by atoms with van der Waals surface area (Å²) in [6.45, 7) is 0.430. The van der Waals surface area contributed by atoms with E-state index in [1.165, 1.54) is 0 Å². The molecule has 0 spiro atoms. The van der Waals surface area contributed by atoms with Crippen molar-refractivity contribution in [1.82, 2.24) is 0 Å². The molecule has 1 aromatic rings. The highest BCUT2D eigenvalue weighted by molar-refractivity contribution is 6.02. The molecular formula is C15H18N2O2. The number of carbonyl (C=O) groups excluding carboxylic acids is 2. The van der Waals surface area contributed by atoms with Gasteiger partial charge in [0.05, 0.1) is 0 Å². The fourth-order valence-electron chi connectivity index (χ4n) is 2.96. The molecule has 1 aromatic carbocycles. The predicted octanol–water partition coefficient (Wildman–Crippen LogP) is 1.88. The van der Waals surface area contributed by atoms with Crippen LogP contribution in [0.3, 0.4) is 0 Å². The largest absolute Gasteiger partial charge is 0.329 e. The normalized spacial score (nSPS) is 20.2. The Morgan fingerprint density at radius 1 is 1.32 bits per heavy atom. The monoisotopic (exact) mass is 258 g/mol. The maximum absolute atomic E-state index is 12.6. The molecule has 1 saturated carbocycles. The summed E-state index contributed by atoms with van der Waals surface area (Å²) in [5.74, 6) is 0.213. The van der Waals surface area contributed by atoms with E-state index in [0.717, 1.165) is 36.1 Å². The van der Waals surface area contributed by atoms with Gasteiger partial charge in [0.25, 0.3) is 0 Å². The van der Waals surface area contributed by atoms with Crippen LogP contribution in [0, 0.1) is 5.41 Å². The van der Waals surface area contributed by atoms with Gasteiger partial charge in [0.15, 0.2) is 5.78 Å². The minimum absolute atomic E-state index is 0.0454. The second-order valence-corrected chi connectivity index (χ2v) is 5.59. The number of hydrogen-bond donors (Lipinski definition) is 2. The van der Waals surface area contributed by atoms with Gasteiger partial charge in [-0.2, -0.15) is 0 Å². The van der Waals surface area contributed by atoms with Gasteiger partial charge in [0, 0.05) is 29.6 Å². The van der Waals surface area contributed by atoms with Gasteiger partial charge >= 0.3 is 0 Å². The highest BCUT2D eigenvalue weighted by Crippen LogP contribution is 2.43. The van der Waals surface area contributed by atoms with Crippen molar-refractivity contribution in [2.75, 3.05) is 11.9 Å². The van der Waals surface area contributed by atoms with Crippen LogP contribution >= 0.6 is 0 Å². The molecule has 2 aliphatic rings. The van der Waals surface area contributed by atoms with Gasteiger partial charge < -0.3 is 11.1 Å². The molecule has 4 heteroatoms. The molecule has 0 saturated heterocycles. The van der Waals surface area contributed by atoms with Gasteiger partial charge in [-0.1, -0.05) is 6.42 Å². The first-order valence-corrected chi connectivity index (χ1v) is 6.82. The molecule has 1 aliphatic heterocycles. The van der Waals surface area contributed by atoms with E-state index in [2.05, 4.69) is 5.32 Å². The molecular weight excluding hydrogens is 240 g/mol. The second kappa shape index (κ2) is 4.46. The summed E-state index contributed by atoms with van der Waals surface area (Å²) in [7, 11) is 0. The van der Waals surface area contributed by atoms with Crippen LogP contribution in [0.5, 0.6) is 0 Å². The molecule has 3 rings (SSSR count). The molecule has 0 bridgehead atoms. The number of hydrogen-bond acceptors (Lipinski definition) is 3. The number of benzene rings is 1. The molecule has 1 amide bonds. The van der Waals surface area contributed by atoms with Crippen molar-refractivity contribution in [3.63, 3.8) is 0 Å². The summed E-state index contributed by atoms with van der Waals surface area (Å²) >= 11 is 0. The summed E-state index contributed by atoms with van der Waals surface area (Å²) in [6, 6.07) is 5.57. The molecule has 100 valence electrons. The fraction of sp³-hybridized carbons (Fsp3) is 0.467. The van der Waals surface area contributed by atoms with Gasteiger partial charge in [-0.05, 0) is 43.0 Å². The van der Waals surface area contributed by atoms with Crippen LogP contribution in [0.2, 0.25) is 0 Å². The van der Waals surface area contributed by atoms with E-state index in [-0.39, 0.29) is 17.1 Å². The number of nitrogens with two attached hydrogens (primary N) is 1. The number of carbonyl (C=O) groups is 2. The standard InChI is InChI=1S/C15H18N2O2/c16-9-15(6-1-7-15)14(19)11-2-4-12-10(8-11)3-5-13(18)17-12/h2,4,8H,1,3,5-7,9,16H2,(H,17,18). The molecule has 4 nitrogen and oxygen atoms in total. The Balaban J connectivity index is 1.90. The number of ketones is 1. The summed E-state index contributed by atoms with van der Waals surface area (Å²) in [4.78, 5) is 23.9. The molecule has 0 radical (unpaired) electrons. The first-order valence-electron chi connectivity index (χ1n) is 6.82. The summed E-state index contributed by atoms with van der Waals surface area (Å²) < 4.78 is 0. The van der Waals surface area contributed by atoms with Crippen molar-refractivity contribution < 1.29 is 9.59 Å². The molecule has 3 N–H and O–H groups in total. The minimum atomic E-state index is -0.327. The van der Waals surface area contributed by atoms with E-state index in [0.29, 0.717) is 19.4 Å². The van der Waals surface area contributed by atoms with Crippen molar-refractivity contribution in [2.45, 2.75) is 32.1 Å². The molecule has 1 heterocycles. The van der Waals surface area contributed by atoms with Crippen LogP contribution in [0.4, 0.5) is 5.69 Å². The van der Waals surface area contributed by atoms with Crippen LogP contribution < -0.4 is 11.1 Å². The highest BCUT2D eigenvalue weighted by Gasteiger charge is 2.43. The maximum atomic E-state index is 12.6. The smallest absolute Gasteiger partial charge is 0.224 e. The lowest BCUT2D eigenvalue weighted by Crippen LogP contribution is -2.44. The van der Waals surface area contributed by atoms with Gasteiger partial charge in [-0.25, -0.2) is 0 Å². The van der Waals surface area contributed by atoms with E-state index in [1.54, 1.807) is 0 Å². The molecule has 0 aromatic heterocycles. The molecule has 19 heavy (non-hydrogen) atoms. The summed E-state index contributed by atoms with van der Waals surface area (Å²) in [5, 5.41) is 2.83. The zero-order chi connectivity index (χ0) is 13.5. The van der Waals surface area contributed by atoms with E-state index in [4.69, 9.17) is 5.73 Å². The van der Waals surface area contributed by atoms with Gasteiger partial charge in [-0.3, -0.25) is 9.59 Å². The second-order valence-electron chi connectivity index (χ2n) is 5.59. The van der Waals surface area contributed by atoms with Gasteiger partial charge in [-0.15, -0.1) is 0 Å².